The first kappa shape index (κ1) is 16.7. The van der Waals surface area contributed by atoms with Gasteiger partial charge in [-0.3, -0.25) is 0 Å². The van der Waals surface area contributed by atoms with Crippen molar-refractivity contribution in [1.82, 2.24) is 0 Å². The van der Waals surface area contributed by atoms with E-state index in [4.69, 9.17) is 4.42 Å². The highest BCUT2D eigenvalue weighted by Crippen LogP contribution is 2.68. The van der Waals surface area contributed by atoms with Gasteiger partial charge in [-0.1, -0.05) is 54.7 Å². The molecule has 5 aromatic rings. The van der Waals surface area contributed by atoms with Crippen molar-refractivity contribution in [2.45, 2.75) is 21.6 Å². The Bertz CT molecular complexity index is 1160. The predicted octanol–water partition coefficient (Wildman–Crippen LogP) is 7.95. The summed E-state index contributed by atoms with van der Waals surface area (Å²) in [6.07, 6.45) is 1.79. The van der Waals surface area contributed by atoms with Crippen molar-refractivity contribution in [3.8, 4) is 0 Å². The number of thiophene rings is 1. The highest BCUT2D eigenvalue weighted by Gasteiger charge is 2.29. The van der Waals surface area contributed by atoms with E-state index in [2.05, 4.69) is 91.9 Å². The summed E-state index contributed by atoms with van der Waals surface area (Å²) in [5, 5.41) is 2.53. The monoisotopic (exact) mass is 388 g/mol. The summed E-state index contributed by atoms with van der Waals surface area (Å²) in [5.74, 6) is 1.07. The van der Waals surface area contributed by atoms with Crippen molar-refractivity contribution in [2.75, 3.05) is 5.75 Å². The fraction of sp³-hybridized carbons (Fsp3) is 0.0833. The third-order valence-electron chi connectivity index (χ3n) is 5.20. The molecular formula is C24H20OS2. The average molecular weight is 389 g/mol. The van der Waals surface area contributed by atoms with Gasteiger partial charge < -0.3 is 4.42 Å². The second-order valence-electron chi connectivity index (χ2n) is 6.54. The second kappa shape index (κ2) is 6.59. The zero-order valence-electron chi connectivity index (χ0n) is 15.1. The van der Waals surface area contributed by atoms with E-state index >= 15 is 0 Å². The minimum atomic E-state index is -1.32. The molecule has 0 aliphatic carbocycles. The van der Waals surface area contributed by atoms with E-state index < -0.39 is 10.0 Å². The maximum absolute atomic E-state index is 5.65. The number of hydrogen-bond acceptors (Lipinski definition) is 2. The van der Waals surface area contributed by atoms with Crippen molar-refractivity contribution in [3.63, 3.8) is 0 Å². The standard InChI is InChI=1S/C24H20OS2/c1-2-27(18-9-5-3-6-10-18,19-11-7-4-8-12-19)20-13-14-23-22(17-20)21-15-16-25-24(21)26-23/h3-17H,2H2,1H3. The fourth-order valence-electron chi connectivity index (χ4n) is 3.91. The zero-order chi connectivity index (χ0) is 18.3. The number of rotatable bonds is 4. The summed E-state index contributed by atoms with van der Waals surface area (Å²) in [7, 11) is -1.32. The van der Waals surface area contributed by atoms with Gasteiger partial charge in [-0.15, -0.1) is 0 Å². The molecule has 0 atom stereocenters. The van der Waals surface area contributed by atoms with E-state index in [-0.39, 0.29) is 0 Å². The summed E-state index contributed by atoms with van der Waals surface area (Å²) in [4.78, 5) is 5.25. The van der Waals surface area contributed by atoms with Crippen molar-refractivity contribution < 1.29 is 4.42 Å². The van der Waals surface area contributed by atoms with Crippen LogP contribution in [0.3, 0.4) is 0 Å². The Labute approximate surface area is 164 Å². The van der Waals surface area contributed by atoms with Gasteiger partial charge in [0.05, 0.1) is 6.26 Å². The molecule has 2 heterocycles. The van der Waals surface area contributed by atoms with E-state index in [0.717, 1.165) is 10.6 Å². The Morgan fingerprint density at radius 1 is 0.741 bits per heavy atom. The maximum atomic E-state index is 5.65. The third-order valence-corrected chi connectivity index (χ3v) is 10.4. The highest BCUT2D eigenvalue weighted by molar-refractivity contribution is 8.33. The van der Waals surface area contributed by atoms with Crippen LogP contribution < -0.4 is 0 Å². The second-order valence-corrected chi connectivity index (χ2v) is 11.0. The van der Waals surface area contributed by atoms with Crippen LogP contribution in [0.2, 0.25) is 0 Å². The summed E-state index contributed by atoms with van der Waals surface area (Å²) in [5.41, 5.74) is 0. The Morgan fingerprint density at radius 3 is 2.04 bits per heavy atom. The fourth-order valence-corrected chi connectivity index (χ4v) is 8.60. The molecule has 0 N–H and O–H groups in total. The molecule has 0 saturated heterocycles. The SMILES string of the molecule is CCS(c1ccccc1)(c1ccccc1)c1ccc2sc3occc3c2c1. The number of benzene rings is 3. The maximum Gasteiger partial charge on any atom is 0.188 e. The molecule has 5 rings (SSSR count). The molecule has 134 valence electrons. The molecule has 0 aliphatic rings. The molecule has 0 saturated carbocycles. The minimum Gasteiger partial charge on any atom is -0.454 e. The molecule has 0 fully saturated rings. The Balaban J connectivity index is 1.83. The van der Waals surface area contributed by atoms with Crippen LogP contribution >= 0.6 is 21.4 Å². The van der Waals surface area contributed by atoms with Crippen LogP contribution in [-0.4, -0.2) is 5.75 Å². The van der Waals surface area contributed by atoms with Crippen LogP contribution in [-0.2, 0) is 0 Å². The zero-order valence-corrected chi connectivity index (χ0v) is 16.7. The summed E-state index contributed by atoms with van der Waals surface area (Å²) < 4.78 is 6.94. The lowest BCUT2D eigenvalue weighted by atomic mass is 10.2. The van der Waals surface area contributed by atoms with Gasteiger partial charge >= 0.3 is 0 Å². The normalized spacial score (nSPS) is 12.6. The van der Waals surface area contributed by atoms with Gasteiger partial charge in [-0.05, 0) is 69.0 Å². The van der Waals surface area contributed by atoms with E-state index in [9.17, 15) is 0 Å². The van der Waals surface area contributed by atoms with E-state index in [1.807, 2.05) is 0 Å². The van der Waals surface area contributed by atoms with Gasteiger partial charge in [0, 0.05) is 15.5 Å². The Kier molecular flexibility index (Phi) is 4.07. The van der Waals surface area contributed by atoms with Crippen LogP contribution in [0.5, 0.6) is 0 Å². The molecule has 0 bridgehead atoms. The topological polar surface area (TPSA) is 13.1 Å². The summed E-state index contributed by atoms with van der Waals surface area (Å²) >= 11 is 1.73. The first-order chi connectivity index (χ1) is 13.3. The lowest BCUT2D eigenvalue weighted by Crippen LogP contribution is -2.06. The first-order valence-corrected chi connectivity index (χ1v) is 11.8. The molecule has 0 aliphatic heterocycles. The summed E-state index contributed by atoms with van der Waals surface area (Å²) in [6.45, 7) is 2.32. The Hall–Kier alpha value is -2.49. The van der Waals surface area contributed by atoms with E-state index in [1.165, 1.54) is 30.2 Å². The lowest BCUT2D eigenvalue weighted by Gasteiger charge is -2.40. The molecule has 0 radical (unpaired) electrons. The minimum absolute atomic E-state index is 1.01. The van der Waals surface area contributed by atoms with Crippen LogP contribution in [0.15, 0.2) is 110 Å². The van der Waals surface area contributed by atoms with Gasteiger partial charge in [0.1, 0.15) is 0 Å². The van der Waals surface area contributed by atoms with Gasteiger partial charge in [-0.25, -0.2) is 0 Å². The third kappa shape index (κ3) is 2.53. The molecule has 0 unspecified atom stereocenters. The number of hydrogen-bond donors (Lipinski definition) is 0. The van der Waals surface area contributed by atoms with Gasteiger partial charge in [-0.2, -0.15) is 10.0 Å². The van der Waals surface area contributed by atoms with Crippen molar-refractivity contribution >= 4 is 41.7 Å². The highest BCUT2D eigenvalue weighted by atomic mass is 32.3. The van der Waals surface area contributed by atoms with E-state index in [0.29, 0.717) is 0 Å². The van der Waals surface area contributed by atoms with Crippen LogP contribution in [0.1, 0.15) is 6.92 Å². The van der Waals surface area contributed by atoms with Crippen LogP contribution in [0, 0.1) is 0 Å². The van der Waals surface area contributed by atoms with Gasteiger partial charge in [0.2, 0.25) is 0 Å². The van der Waals surface area contributed by atoms with Crippen molar-refractivity contribution in [2.24, 2.45) is 0 Å². The van der Waals surface area contributed by atoms with Crippen molar-refractivity contribution in [1.29, 1.82) is 0 Å². The largest absolute Gasteiger partial charge is 0.454 e. The molecule has 0 spiro atoms. The quantitative estimate of drug-likeness (QED) is 0.304. The smallest absolute Gasteiger partial charge is 0.188 e. The molecule has 27 heavy (non-hydrogen) atoms. The first-order valence-electron chi connectivity index (χ1n) is 9.14. The predicted molar refractivity (Wildman–Crippen MR) is 117 cm³/mol. The molecule has 3 heteroatoms. The Morgan fingerprint density at radius 2 is 1.41 bits per heavy atom. The van der Waals surface area contributed by atoms with Crippen LogP contribution in [0.4, 0.5) is 0 Å². The summed E-state index contributed by atoms with van der Waals surface area (Å²) in [6, 6.07) is 31.1. The van der Waals surface area contributed by atoms with Gasteiger partial charge in [0.15, 0.2) is 4.90 Å². The molecule has 1 nitrogen and oxygen atoms in total. The number of fused-ring (bicyclic) bond motifs is 3. The lowest BCUT2D eigenvalue weighted by molar-refractivity contribution is 0.624. The molecular weight excluding hydrogens is 368 g/mol. The molecule has 2 aromatic heterocycles. The number of furan rings is 1. The van der Waals surface area contributed by atoms with Gasteiger partial charge in [0.25, 0.3) is 0 Å². The van der Waals surface area contributed by atoms with Crippen LogP contribution in [0.25, 0.3) is 20.4 Å². The molecule has 3 aromatic carbocycles. The van der Waals surface area contributed by atoms with E-state index in [1.54, 1.807) is 17.6 Å². The molecule has 0 amide bonds. The average Bonchev–Trinajstić information content (AvgIpc) is 3.32. The van der Waals surface area contributed by atoms with Crippen molar-refractivity contribution in [3.05, 3.63) is 91.2 Å².